The maximum atomic E-state index is 12.9. The number of nitrogens with zero attached hydrogens (tertiary/aromatic N) is 2. The Morgan fingerprint density at radius 2 is 1.93 bits per heavy atom. The lowest BCUT2D eigenvalue weighted by Gasteiger charge is -2.38. The third-order valence-corrected chi connectivity index (χ3v) is 6.97. The number of carbonyl (C=O) groups excluding carboxylic acids is 1. The maximum absolute atomic E-state index is 12.9. The van der Waals surface area contributed by atoms with Crippen molar-refractivity contribution in [1.29, 1.82) is 5.26 Å². The second-order valence-corrected chi connectivity index (χ2v) is 9.16. The maximum Gasteiger partial charge on any atom is 0.254 e. The van der Waals surface area contributed by atoms with E-state index in [1.807, 2.05) is 11.0 Å². The normalized spacial score (nSPS) is 21.2. The van der Waals surface area contributed by atoms with Crippen LogP contribution >= 0.6 is 0 Å². The van der Waals surface area contributed by atoms with Gasteiger partial charge in [0.25, 0.3) is 5.91 Å². The molecule has 1 aliphatic heterocycles. The molecule has 0 unspecified atom stereocenters. The van der Waals surface area contributed by atoms with Gasteiger partial charge in [-0.1, -0.05) is 19.3 Å². The molecule has 1 amide bonds. The summed E-state index contributed by atoms with van der Waals surface area (Å²) >= 11 is 0. The van der Waals surface area contributed by atoms with Crippen molar-refractivity contribution in [1.82, 2.24) is 9.62 Å². The summed E-state index contributed by atoms with van der Waals surface area (Å²) in [5.41, 5.74) is 0.472. The number of nitriles is 1. The van der Waals surface area contributed by atoms with E-state index in [1.54, 1.807) is 12.1 Å². The molecule has 28 heavy (non-hydrogen) atoms. The van der Waals surface area contributed by atoms with Crippen molar-refractivity contribution in [3.05, 3.63) is 29.8 Å². The Balaban J connectivity index is 1.63. The van der Waals surface area contributed by atoms with Crippen LogP contribution in [0, 0.1) is 17.2 Å². The Bertz CT molecular complexity index is 811. The molecular formula is C20H27N3O4S. The van der Waals surface area contributed by atoms with Crippen LogP contribution in [-0.2, 0) is 14.8 Å². The van der Waals surface area contributed by atoms with Gasteiger partial charge in [-0.3, -0.25) is 4.79 Å². The number of ether oxygens (including phenoxy) is 1. The fourth-order valence-electron chi connectivity index (χ4n) is 3.93. The van der Waals surface area contributed by atoms with Crippen molar-refractivity contribution in [2.45, 2.75) is 49.5 Å². The summed E-state index contributed by atoms with van der Waals surface area (Å²) in [4.78, 5) is 14.8. The summed E-state index contributed by atoms with van der Waals surface area (Å²) in [6.45, 7) is 1.76. The van der Waals surface area contributed by atoms with Crippen LogP contribution < -0.4 is 4.72 Å². The molecule has 0 aromatic heterocycles. The van der Waals surface area contributed by atoms with E-state index in [4.69, 9.17) is 10.00 Å². The van der Waals surface area contributed by atoms with E-state index >= 15 is 0 Å². The molecule has 1 atom stereocenters. The van der Waals surface area contributed by atoms with Gasteiger partial charge in [-0.25, -0.2) is 13.1 Å². The van der Waals surface area contributed by atoms with Crippen molar-refractivity contribution in [2.24, 2.45) is 5.92 Å². The minimum atomic E-state index is -3.67. The smallest absolute Gasteiger partial charge is 0.254 e. The number of hydrogen-bond donors (Lipinski definition) is 1. The lowest BCUT2D eigenvalue weighted by Crippen LogP contribution is -2.48. The number of rotatable bonds is 6. The Kier molecular flexibility index (Phi) is 7.05. The molecule has 1 heterocycles. The first kappa shape index (κ1) is 20.8. The monoisotopic (exact) mass is 405 g/mol. The molecule has 1 aliphatic carbocycles. The average Bonchev–Trinajstić information content (AvgIpc) is 2.74. The van der Waals surface area contributed by atoms with Gasteiger partial charge in [0.05, 0.1) is 23.7 Å². The van der Waals surface area contributed by atoms with Gasteiger partial charge in [-0.2, -0.15) is 5.26 Å². The van der Waals surface area contributed by atoms with Crippen LogP contribution in [0.1, 0.15) is 48.9 Å². The number of benzene rings is 1. The number of carbonyl (C=O) groups is 1. The van der Waals surface area contributed by atoms with Crippen molar-refractivity contribution in [3.63, 3.8) is 0 Å². The molecule has 2 fully saturated rings. The second-order valence-electron chi connectivity index (χ2n) is 7.39. The zero-order chi connectivity index (χ0) is 20.0. The molecule has 8 heteroatoms. The Hall–Kier alpha value is -1.95. The molecule has 1 saturated heterocycles. The number of amides is 1. The topological polar surface area (TPSA) is 99.5 Å². The number of hydrogen-bond acceptors (Lipinski definition) is 5. The van der Waals surface area contributed by atoms with Crippen LogP contribution in [0.4, 0.5) is 0 Å². The first-order valence-electron chi connectivity index (χ1n) is 9.89. The van der Waals surface area contributed by atoms with Crippen LogP contribution in [0.3, 0.4) is 0 Å². The summed E-state index contributed by atoms with van der Waals surface area (Å²) < 4.78 is 32.7. The lowest BCUT2D eigenvalue weighted by atomic mass is 9.84. The second kappa shape index (κ2) is 9.50. The minimum absolute atomic E-state index is 0.0653. The summed E-state index contributed by atoms with van der Waals surface area (Å²) in [6.07, 6.45) is 6.28. The molecule has 1 aromatic rings. The number of nitrogens with one attached hydrogen (secondary N) is 1. The zero-order valence-corrected chi connectivity index (χ0v) is 16.8. The third-order valence-electron chi connectivity index (χ3n) is 5.50. The van der Waals surface area contributed by atoms with Gasteiger partial charge < -0.3 is 9.64 Å². The van der Waals surface area contributed by atoms with Crippen molar-refractivity contribution >= 4 is 15.9 Å². The van der Waals surface area contributed by atoms with Crippen LogP contribution in [0.5, 0.6) is 0 Å². The third kappa shape index (κ3) is 5.10. The largest absolute Gasteiger partial charge is 0.374 e. The van der Waals surface area contributed by atoms with E-state index in [0.29, 0.717) is 31.2 Å². The SMILES string of the molecule is N#CCCNS(=O)(=O)c1ccc(C(=O)N2CCO[C@H](C3CCCCC3)C2)cc1. The predicted molar refractivity (Wildman–Crippen MR) is 104 cm³/mol. The van der Waals surface area contributed by atoms with Crippen LogP contribution in [0.2, 0.25) is 0 Å². The Morgan fingerprint density at radius 3 is 2.61 bits per heavy atom. The molecule has 152 valence electrons. The molecule has 1 aromatic carbocycles. The first-order valence-corrected chi connectivity index (χ1v) is 11.4. The van der Waals surface area contributed by atoms with E-state index < -0.39 is 10.0 Å². The van der Waals surface area contributed by atoms with Gasteiger partial charge in [0.2, 0.25) is 10.0 Å². The quantitative estimate of drug-likeness (QED) is 0.732. The summed E-state index contributed by atoms with van der Waals surface area (Å²) in [6, 6.07) is 7.85. The molecular weight excluding hydrogens is 378 g/mol. The summed E-state index contributed by atoms with van der Waals surface area (Å²) in [5, 5.41) is 8.52. The Morgan fingerprint density at radius 1 is 1.21 bits per heavy atom. The van der Waals surface area contributed by atoms with Gasteiger partial charge in [0.1, 0.15) is 0 Å². The number of sulfonamides is 1. The summed E-state index contributed by atoms with van der Waals surface area (Å²) in [7, 11) is -3.67. The molecule has 2 aliphatic rings. The van der Waals surface area contributed by atoms with Gasteiger partial charge in [0.15, 0.2) is 0 Å². The van der Waals surface area contributed by atoms with E-state index in [9.17, 15) is 13.2 Å². The van der Waals surface area contributed by atoms with Crippen LogP contribution in [0.25, 0.3) is 0 Å². The lowest BCUT2D eigenvalue weighted by molar-refractivity contribution is -0.0562. The van der Waals surface area contributed by atoms with E-state index in [-0.39, 0.29) is 29.9 Å². The van der Waals surface area contributed by atoms with Gasteiger partial charge in [0, 0.05) is 31.6 Å². The molecule has 0 bridgehead atoms. The van der Waals surface area contributed by atoms with Gasteiger partial charge in [-0.15, -0.1) is 0 Å². The fourth-order valence-corrected chi connectivity index (χ4v) is 4.97. The number of morpholine rings is 1. The van der Waals surface area contributed by atoms with Crippen LogP contribution in [-0.4, -0.2) is 51.6 Å². The fraction of sp³-hybridized carbons (Fsp3) is 0.600. The predicted octanol–water partition coefficient (Wildman–Crippen LogP) is 2.30. The van der Waals surface area contributed by atoms with E-state index in [0.717, 1.165) is 12.8 Å². The average molecular weight is 406 g/mol. The van der Waals surface area contributed by atoms with E-state index in [2.05, 4.69) is 4.72 Å². The minimum Gasteiger partial charge on any atom is -0.374 e. The van der Waals surface area contributed by atoms with E-state index in [1.165, 1.54) is 31.4 Å². The molecule has 0 radical (unpaired) electrons. The van der Waals surface area contributed by atoms with Gasteiger partial charge >= 0.3 is 0 Å². The highest BCUT2D eigenvalue weighted by atomic mass is 32.2. The summed E-state index contributed by atoms with van der Waals surface area (Å²) in [5.74, 6) is 0.432. The zero-order valence-electron chi connectivity index (χ0n) is 16.0. The molecule has 0 spiro atoms. The van der Waals surface area contributed by atoms with Gasteiger partial charge in [-0.05, 0) is 43.0 Å². The highest BCUT2D eigenvalue weighted by Gasteiger charge is 2.31. The highest BCUT2D eigenvalue weighted by molar-refractivity contribution is 7.89. The molecule has 1 N–H and O–H groups in total. The first-order chi connectivity index (χ1) is 13.5. The van der Waals surface area contributed by atoms with Crippen molar-refractivity contribution < 1.29 is 17.9 Å². The molecule has 3 rings (SSSR count). The van der Waals surface area contributed by atoms with Crippen LogP contribution in [0.15, 0.2) is 29.2 Å². The van der Waals surface area contributed by atoms with Crippen molar-refractivity contribution in [3.8, 4) is 6.07 Å². The molecule has 7 nitrogen and oxygen atoms in total. The standard InChI is InChI=1S/C20H27N3O4S/c21-11-4-12-22-28(25,26)18-9-7-17(8-10-18)20(24)23-13-14-27-19(15-23)16-5-2-1-3-6-16/h7-10,16,19,22H,1-6,12-15H2/t19-/m0/s1. The highest BCUT2D eigenvalue weighted by Crippen LogP contribution is 2.30. The van der Waals surface area contributed by atoms with Crippen molar-refractivity contribution in [2.75, 3.05) is 26.2 Å². The Labute approximate surface area is 166 Å². The molecule has 1 saturated carbocycles.